The van der Waals surface area contributed by atoms with Crippen molar-refractivity contribution in [2.75, 3.05) is 33.4 Å². The van der Waals surface area contributed by atoms with Crippen LogP contribution in [0.15, 0.2) is 24.3 Å². The van der Waals surface area contributed by atoms with Crippen LogP contribution in [-0.2, 0) is 0 Å². The largest absolute Gasteiger partial charge is 0.493 e. The van der Waals surface area contributed by atoms with Gasteiger partial charge in [-0.25, -0.2) is 0 Å². The molecule has 0 unspecified atom stereocenters. The Bertz CT molecular complexity index is 879. The van der Waals surface area contributed by atoms with Crippen LogP contribution in [0.2, 0.25) is 0 Å². The Morgan fingerprint density at radius 1 is 1.00 bits per heavy atom. The van der Waals surface area contributed by atoms with Crippen molar-refractivity contribution in [1.29, 1.82) is 0 Å². The van der Waals surface area contributed by atoms with Crippen molar-refractivity contribution >= 4 is 11.5 Å². The number of benzene rings is 2. The fraction of sp³-hybridized carbons (Fsp3) is 0.316. The summed E-state index contributed by atoms with van der Waals surface area (Å²) in [5, 5.41) is 3.40. The highest BCUT2D eigenvalue weighted by molar-refractivity contribution is 6.04. The summed E-state index contributed by atoms with van der Waals surface area (Å²) in [6, 6.07) is 6.95. The Hall–Kier alpha value is -3.09. The minimum Gasteiger partial charge on any atom is -0.493 e. The van der Waals surface area contributed by atoms with Crippen LogP contribution in [0, 0.1) is 0 Å². The van der Waals surface area contributed by atoms with E-state index in [1.54, 1.807) is 39.5 Å². The zero-order chi connectivity index (χ0) is 18.3. The molecule has 0 amide bonds. The Morgan fingerprint density at radius 2 is 1.73 bits per heavy atom. The zero-order valence-corrected chi connectivity index (χ0v) is 14.8. The molecule has 0 aromatic heterocycles. The molecule has 26 heavy (non-hydrogen) atoms. The second-order valence-electron chi connectivity index (χ2n) is 6.00. The molecule has 1 atom stereocenters. The molecule has 2 aromatic rings. The van der Waals surface area contributed by atoms with Crippen molar-refractivity contribution in [3.63, 3.8) is 0 Å². The maximum atomic E-state index is 12.7. The Balaban J connectivity index is 1.75. The second kappa shape index (κ2) is 6.33. The highest BCUT2D eigenvalue weighted by Gasteiger charge is 2.31. The van der Waals surface area contributed by atoms with Gasteiger partial charge in [-0.2, -0.15) is 0 Å². The number of carbonyl (C=O) groups is 1. The summed E-state index contributed by atoms with van der Waals surface area (Å²) in [5.74, 6) is 2.86. The first kappa shape index (κ1) is 16.4. The number of nitrogens with one attached hydrogen (secondary N) is 1. The number of fused-ring (bicyclic) bond motifs is 2. The van der Waals surface area contributed by atoms with Crippen LogP contribution in [0.3, 0.4) is 0 Å². The van der Waals surface area contributed by atoms with Crippen LogP contribution < -0.4 is 29.0 Å². The average molecular weight is 357 g/mol. The first-order valence-corrected chi connectivity index (χ1v) is 8.18. The molecule has 0 spiro atoms. The van der Waals surface area contributed by atoms with Crippen molar-refractivity contribution in [2.45, 2.75) is 12.5 Å². The van der Waals surface area contributed by atoms with Gasteiger partial charge in [0.2, 0.25) is 12.5 Å². The van der Waals surface area contributed by atoms with Crippen LogP contribution in [0.1, 0.15) is 28.4 Å². The fourth-order valence-electron chi connectivity index (χ4n) is 3.41. The molecule has 0 aliphatic carbocycles. The maximum absolute atomic E-state index is 12.7. The van der Waals surface area contributed by atoms with Crippen LogP contribution in [0.25, 0.3) is 0 Å². The predicted octanol–water partition coefficient (Wildman–Crippen LogP) is 3.18. The molecule has 136 valence electrons. The van der Waals surface area contributed by atoms with Gasteiger partial charge in [0.1, 0.15) is 0 Å². The van der Waals surface area contributed by atoms with Gasteiger partial charge < -0.3 is 29.0 Å². The number of carbonyl (C=O) groups excluding carboxylic acids is 1. The summed E-state index contributed by atoms with van der Waals surface area (Å²) in [5.41, 5.74) is 2.14. The van der Waals surface area contributed by atoms with E-state index in [0.29, 0.717) is 46.4 Å². The molecule has 2 aliphatic heterocycles. The summed E-state index contributed by atoms with van der Waals surface area (Å²) in [4.78, 5) is 12.7. The van der Waals surface area contributed by atoms with Gasteiger partial charge in [0, 0.05) is 29.3 Å². The van der Waals surface area contributed by atoms with Crippen molar-refractivity contribution in [1.82, 2.24) is 0 Å². The topological polar surface area (TPSA) is 75.3 Å². The van der Waals surface area contributed by atoms with Gasteiger partial charge in [0.15, 0.2) is 28.8 Å². The van der Waals surface area contributed by atoms with E-state index in [9.17, 15) is 4.79 Å². The SMILES string of the molecule is COc1ccc([C@@H]2CC(=O)c3cc4c(cc3N2)OCO4)c(OC)c1OC. The van der Waals surface area contributed by atoms with Crippen LogP contribution >= 0.6 is 0 Å². The molecule has 1 N–H and O–H groups in total. The summed E-state index contributed by atoms with van der Waals surface area (Å²) in [6.45, 7) is 0.166. The van der Waals surface area contributed by atoms with Crippen molar-refractivity contribution < 1.29 is 28.5 Å². The molecule has 2 aliphatic rings. The van der Waals surface area contributed by atoms with Crippen molar-refractivity contribution in [3.8, 4) is 28.7 Å². The molecular weight excluding hydrogens is 338 g/mol. The minimum absolute atomic E-state index is 0.0267. The van der Waals surface area contributed by atoms with Gasteiger partial charge in [-0.3, -0.25) is 4.79 Å². The lowest BCUT2D eigenvalue weighted by atomic mass is 9.91. The summed E-state index contributed by atoms with van der Waals surface area (Å²) in [6.07, 6.45) is 0.290. The van der Waals surface area contributed by atoms with Crippen molar-refractivity contribution in [3.05, 3.63) is 35.4 Å². The molecule has 2 heterocycles. The van der Waals surface area contributed by atoms with E-state index in [0.717, 1.165) is 5.56 Å². The minimum atomic E-state index is -0.259. The summed E-state index contributed by atoms with van der Waals surface area (Å²) >= 11 is 0. The van der Waals surface area contributed by atoms with E-state index in [2.05, 4.69) is 5.32 Å². The van der Waals surface area contributed by atoms with Crippen LogP contribution in [-0.4, -0.2) is 33.9 Å². The third-order valence-electron chi connectivity index (χ3n) is 4.64. The van der Waals surface area contributed by atoms with E-state index < -0.39 is 0 Å². The van der Waals surface area contributed by atoms with Gasteiger partial charge in [0.05, 0.1) is 27.4 Å². The Labute approximate surface area is 150 Å². The number of hydrogen-bond acceptors (Lipinski definition) is 7. The quantitative estimate of drug-likeness (QED) is 0.901. The molecule has 0 fully saturated rings. The number of Topliss-reactive ketones (excluding diaryl/α,β-unsaturated/α-hetero) is 1. The fourth-order valence-corrected chi connectivity index (χ4v) is 3.41. The van der Waals surface area contributed by atoms with E-state index in [1.807, 2.05) is 6.07 Å². The number of ether oxygens (including phenoxy) is 5. The lowest BCUT2D eigenvalue weighted by Crippen LogP contribution is -2.23. The van der Waals surface area contributed by atoms with Gasteiger partial charge in [-0.15, -0.1) is 0 Å². The molecule has 0 bridgehead atoms. The third-order valence-corrected chi connectivity index (χ3v) is 4.64. The molecule has 2 aromatic carbocycles. The monoisotopic (exact) mass is 357 g/mol. The highest BCUT2D eigenvalue weighted by Crippen LogP contribution is 2.46. The van der Waals surface area contributed by atoms with Gasteiger partial charge in [-0.05, 0) is 18.2 Å². The van der Waals surface area contributed by atoms with Crippen LogP contribution in [0.5, 0.6) is 28.7 Å². The molecule has 0 saturated heterocycles. The smallest absolute Gasteiger partial charge is 0.231 e. The molecule has 7 nitrogen and oxygen atoms in total. The molecular formula is C19H19NO6. The molecule has 0 radical (unpaired) electrons. The summed E-state index contributed by atoms with van der Waals surface area (Å²) < 4.78 is 27.1. The van der Waals surface area contributed by atoms with E-state index in [-0.39, 0.29) is 18.6 Å². The number of rotatable bonds is 4. The average Bonchev–Trinajstić information content (AvgIpc) is 3.12. The van der Waals surface area contributed by atoms with Crippen molar-refractivity contribution in [2.24, 2.45) is 0 Å². The number of anilines is 1. The lowest BCUT2D eigenvalue weighted by molar-refractivity contribution is 0.0971. The second-order valence-corrected chi connectivity index (χ2v) is 6.00. The van der Waals surface area contributed by atoms with E-state index >= 15 is 0 Å². The molecule has 7 heteroatoms. The van der Waals surface area contributed by atoms with E-state index in [4.69, 9.17) is 23.7 Å². The van der Waals surface area contributed by atoms with Gasteiger partial charge in [-0.1, -0.05) is 0 Å². The standard InChI is InChI=1S/C19H19NO6/c1-22-15-5-4-10(18(23-2)19(15)24-3)12-7-14(21)11-6-16-17(26-9-25-16)8-13(11)20-12/h4-6,8,12,20H,7,9H2,1-3H3/t12-/m0/s1. The number of hydrogen-bond donors (Lipinski definition) is 1. The predicted molar refractivity (Wildman–Crippen MR) is 94.0 cm³/mol. The van der Waals surface area contributed by atoms with Crippen LogP contribution in [0.4, 0.5) is 5.69 Å². The Morgan fingerprint density at radius 3 is 2.42 bits per heavy atom. The molecule has 0 saturated carbocycles. The first-order chi connectivity index (χ1) is 12.7. The highest BCUT2D eigenvalue weighted by atomic mass is 16.7. The maximum Gasteiger partial charge on any atom is 0.231 e. The third kappa shape index (κ3) is 2.47. The number of methoxy groups -OCH3 is 3. The number of ketones is 1. The Kier molecular flexibility index (Phi) is 3.99. The van der Waals surface area contributed by atoms with Gasteiger partial charge >= 0.3 is 0 Å². The first-order valence-electron chi connectivity index (χ1n) is 8.18. The lowest BCUT2D eigenvalue weighted by Gasteiger charge is -2.28. The normalized spacial score (nSPS) is 17.3. The van der Waals surface area contributed by atoms with E-state index in [1.165, 1.54) is 0 Å². The zero-order valence-electron chi connectivity index (χ0n) is 14.8. The summed E-state index contributed by atoms with van der Waals surface area (Å²) in [7, 11) is 4.69. The molecule has 4 rings (SSSR count). The van der Waals surface area contributed by atoms with Gasteiger partial charge in [0.25, 0.3) is 0 Å².